The number of halogens is 2. The van der Waals surface area contributed by atoms with Gasteiger partial charge in [0.25, 0.3) is 0 Å². The molecule has 4 nitrogen and oxygen atoms in total. The van der Waals surface area contributed by atoms with E-state index < -0.39 is 0 Å². The zero-order valence-corrected chi connectivity index (χ0v) is 11.3. The third kappa shape index (κ3) is 4.68. The van der Waals surface area contributed by atoms with Crippen molar-refractivity contribution >= 4 is 24.8 Å². The van der Waals surface area contributed by atoms with E-state index in [9.17, 15) is 5.11 Å². The maximum Gasteiger partial charge on any atom is 0.137 e. The first-order valence-corrected chi connectivity index (χ1v) is 5.17. The van der Waals surface area contributed by atoms with Gasteiger partial charge in [-0.15, -0.1) is 24.8 Å². The molecule has 0 spiro atoms. The van der Waals surface area contributed by atoms with Crippen molar-refractivity contribution in [2.75, 3.05) is 20.2 Å². The SMILES string of the molecule is CN1C[C@@H](O)CC1COc1cccnc1.Cl.Cl. The number of ether oxygens (including phenoxy) is 1. The summed E-state index contributed by atoms with van der Waals surface area (Å²) < 4.78 is 5.59. The van der Waals surface area contributed by atoms with Crippen LogP contribution in [0, 0.1) is 0 Å². The van der Waals surface area contributed by atoms with E-state index >= 15 is 0 Å². The minimum atomic E-state index is -0.211. The largest absolute Gasteiger partial charge is 0.490 e. The maximum atomic E-state index is 9.46. The summed E-state index contributed by atoms with van der Waals surface area (Å²) in [5.74, 6) is 0.785. The number of aliphatic hydroxyl groups excluding tert-OH is 1. The molecule has 1 aromatic rings. The van der Waals surface area contributed by atoms with E-state index in [1.165, 1.54) is 0 Å². The van der Waals surface area contributed by atoms with Crippen LogP contribution >= 0.6 is 24.8 Å². The van der Waals surface area contributed by atoms with Crippen LogP contribution in [-0.4, -0.2) is 47.3 Å². The summed E-state index contributed by atoms with van der Waals surface area (Å²) in [4.78, 5) is 6.10. The van der Waals surface area contributed by atoms with Crippen LogP contribution in [0.4, 0.5) is 0 Å². The molecule has 17 heavy (non-hydrogen) atoms. The second kappa shape index (κ2) is 7.71. The van der Waals surface area contributed by atoms with Gasteiger partial charge in [-0.1, -0.05) is 0 Å². The van der Waals surface area contributed by atoms with Crippen LogP contribution in [0.15, 0.2) is 24.5 Å². The molecule has 2 heterocycles. The number of hydrogen-bond donors (Lipinski definition) is 1. The average Bonchev–Trinajstić information content (AvgIpc) is 2.56. The second-order valence-corrected chi connectivity index (χ2v) is 3.98. The van der Waals surface area contributed by atoms with Gasteiger partial charge in [-0.2, -0.15) is 0 Å². The monoisotopic (exact) mass is 280 g/mol. The van der Waals surface area contributed by atoms with E-state index in [1.807, 2.05) is 19.2 Å². The summed E-state index contributed by atoms with van der Waals surface area (Å²) in [7, 11) is 2.01. The van der Waals surface area contributed by atoms with Gasteiger partial charge >= 0.3 is 0 Å². The highest BCUT2D eigenvalue weighted by atomic mass is 35.5. The molecule has 0 radical (unpaired) electrons. The molecule has 2 rings (SSSR count). The fourth-order valence-electron chi connectivity index (χ4n) is 1.87. The molecular weight excluding hydrogens is 263 g/mol. The van der Waals surface area contributed by atoms with Crippen molar-refractivity contribution in [2.45, 2.75) is 18.6 Å². The van der Waals surface area contributed by atoms with Crippen molar-refractivity contribution in [3.63, 3.8) is 0 Å². The van der Waals surface area contributed by atoms with Gasteiger partial charge in [0.2, 0.25) is 0 Å². The lowest BCUT2D eigenvalue weighted by Gasteiger charge is -2.18. The number of aliphatic hydroxyl groups is 1. The van der Waals surface area contributed by atoms with Gasteiger partial charge in [0.05, 0.1) is 12.3 Å². The lowest BCUT2D eigenvalue weighted by atomic mass is 10.2. The normalized spacial score (nSPS) is 23.6. The highest BCUT2D eigenvalue weighted by Gasteiger charge is 2.28. The van der Waals surface area contributed by atoms with Crippen LogP contribution in [0.3, 0.4) is 0 Å². The lowest BCUT2D eigenvalue weighted by molar-refractivity contribution is 0.182. The number of likely N-dealkylation sites (tertiary alicyclic amines) is 1. The van der Waals surface area contributed by atoms with Crippen LogP contribution < -0.4 is 4.74 Å². The molecule has 1 aromatic heterocycles. The molecule has 0 aliphatic carbocycles. The second-order valence-electron chi connectivity index (χ2n) is 3.98. The van der Waals surface area contributed by atoms with E-state index in [-0.39, 0.29) is 30.9 Å². The molecule has 2 atom stereocenters. The van der Waals surface area contributed by atoms with Crippen molar-refractivity contribution in [1.29, 1.82) is 0 Å². The predicted molar refractivity (Wildman–Crippen MR) is 71.3 cm³/mol. The predicted octanol–water partition coefficient (Wildman–Crippen LogP) is 1.37. The number of hydrogen-bond acceptors (Lipinski definition) is 4. The molecule has 98 valence electrons. The minimum Gasteiger partial charge on any atom is -0.490 e. The van der Waals surface area contributed by atoms with Gasteiger partial charge in [0.15, 0.2) is 0 Å². The number of rotatable bonds is 3. The van der Waals surface area contributed by atoms with E-state index in [1.54, 1.807) is 12.4 Å². The topological polar surface area (TPSA) is 45.6 Å². The number of likely N-dealkylation sites (N-methyl/N-ethyl adjacent to an activating group) is 1. The number of nitrogens with zero attached hydrogens (tertiary/aromatic N) is 2. The van der Waals surface area contributed by atoms with Crippen molar-refractivity contribution in [1.82, 2.24) is 9.88 Å². The Morgan fingerprint density at radius 1 is 1.53 bits per heavy atom. The number of aromatic nitrogens is 1. The van der Waals surface area contributed by atoms with Gasteiger partial charge in [0, 0.05) is 18.8 Å². The van der Waals surface area contributed by atoms with Crippen LogP contribution in [0.2, 0.25) is 0 Å². The first-order valence-electron chi connectivity index (χ1n) is 5.17. The van der Waals surface area contributed by atoms with Gasteiger partial charge in [0.1, 0.15) is 12.4 Å². The van der Waals surface area contributed by atoms with Crippen LogP contribution in [-0.2, 0) is 0 Å². The smallest absolute Gasteiger partial charge is 0.137 e. The fraction of sp³-hybridized carbons (Fsp3) is 0.545. The average molecular weight is 281 g/mol. The zero-order chi connectivity index (χ0) is 10.7. The molecule has 1 unspecified atom stereocenters. The lowest BCUT2D eigenvalue weighted by Crippen LogP contribution is -2.30. The molecule has 1 aliphatic rings. The Bertz CT molecular complexity index is 314. The summed E-state index contributed by atoms with van der Waals surface area (Å²) in [5.41, 5.74) is 0. The fourth-order valence-corrected chi connectivity index (χ4v) is 1.87. The molecular formula is C11H18Cl2N2O2. The van der Waals surface area contributed by atoms with Gasteiger partial charge < -0.3 is 9.84 Å². The van der Waals surface area contributed by atoms with Crippen LogP contribution in [0.5, 0.6) is 5.75 Å². The summed E-state index contributed by atoms with van der Waals surface area (Å²) >= 11 is 0. The van der Waals surface area contributed by atoms with Gasteiger partial charge in [-0.25, -0.2) is 0 Å². The van der Waals surface area contributed by atoms with Gasteiger partial charge in [-0.3, -0.25) is 9.88 Å². The summed E-state index contributed by atoms with van der Waals surface area (Å²) in [6.45, 7) is 1.35. The maximum absolute atomic E-state index is 9.46. The van der Waals surface area contributed by atoms with Crippen molar-refractivity contribution in [3.8, 4) is 5.75 Å². The van der Waals surface area contributed by atoms with Crippen molar-refractivity contribution in [2.24, 2.45) is 0 Å². The number of pyridine rings is 1. The first kappa shape index (κ1) is 16.4. The summed E-state index contributed by atoms with van der Waals surface area (Å²) in [6.07, 6.45) is 4.00. The molecule has 0 aromatic carbocycles. The van der Waals surface area contributed by atoms with E-state index in [0.717, 1.165) is 18.7 Å². The molecule has 0 bridgehead atoms. The third-order valence-electron chi connectivity index (χ3n) is 2.74. The van der Waals surface area contributed by atoms with E-state index in [0.29, 0.717) is 12.6 Å². The van der Waals surface area contributed by atoms with E-state index in [4.69, 9.17) is 4.74 Å². The standard InChI is InChI=1S/C11H16N2O2.2ClH/c1-13-7-10(14)5-9(13)8-15-11-3-2-4-12-6-11;;/h2-4,6,9-10,14H,5,7-8H2,1H3;2*1H/t9?,10-;;/m0../s1. The molecule has 0 saturated carbocycles. The number of β-amino-alcohol motifs (C(OH)–C–C–N with tert-alkyl or cyclic N) is 1. The third-order valence-corrected chi connectivity index (χ3v) is 2.74. The molecule has 1 aliphatic heterocycles. The molecule has 6 heteroatoms. The molecule has 1 fully saturated rings. The minimum absolute atomic E-state index is 0. The Balaban J connectivity index is 0.00000128. The molecule has 0 amide bonds. The highest BCUT2D eigenvalue weighted by molar-refractivity contribution is 5.85. The van der Waals surface area contributed by atoms with Crippen LogP contribution in [0.1, 0.15) is 6.42 Å². The molecule has 1 N–H and O–H groups in total. The van der Waals surface area contributed by atoms with Crippen LogP contribution in [0.25, 0.3) is 0 Å². The van der Waals surface area contributed by atoms with E-state index in [2.05, 4.69) is 9.88 Å². The zero-order valence-electron chi connectivity index (χ0n) is 9.65. The van der Waals surface area contributed by atoms with Crippen molar-refractivity contribution in [3.05, 3.63) is 24.5 Å². The van der Waals surface area contributed by atoms with Gasteiger partial charge in [-0.05, 0) is 25.6 Å². The Morgan fingerprint density at radius 3 is 2.82 bits per heavy atom. The Kier molecular flexibility index (Phi) is 7.46. The Labute approximate surface area is 114 Å². The summed E-state index contributed by atoms with van der Waals surface area (Å²) in [5, 5.41) is 9.46. The van der Waals surface area contributed by atoms with Crippen molar-refractivity contribution < 1.29 is 9.84 Å². The highest BCUT2D eigenvalue weighted by Crippen LogP contribution is 2.17. The Morgan fingerprint density at radius 2 is 2.29 bits per heavy atom. The summed E-state index contributed by atoms with van der Waals surface area (Å²) in [6, 6.07) is 4.04. The Hall–Kier alpha value is -0.550. The first-order chi connectivity index (χ1) is 7.25. The quantitative estimate of drug-likeness (QED) is 0.909. The molecule has 1 saturated heterocycles.